The molecule has 0 atom stereocenters. The zero-order valence-corrected chi connectivity index (χ0v) is 11.8. The number of aliphatic carboxylic acids is 1. The van der Waals surface area contributed by atoms with E-state index in [2.05, 4.69) is 5.32 Å². The van der Waals surface area contributed by atoms with E-state index in [1.54, 1.807) is 11.4 Å². The lowest BCUT2D eigenvalue weighted by molar-refractivity contribution is -0.140. The summed E-state index contributed by atoms with van der Waals surface area (Å²) in [5, 5.41) is 22.9. The number of hydrogen-bond donors (Lipinski definition) is 2. The van der Waals surface area contributed by atoms with E-state index in [4.69, 9.17) is 10.4 Å². The van der Waals surface area contributed by atoms with Gasteiger partial charge in [0.1, 0.15) is 11.1 Å². The third-order valence-corrected chi connectivity index (χ3v) is 4.59. The van der Waals surface area contributed by atoms with Crippen molar-refractivity contribution in [1.82, 2.24) is 0 Å². The van der Waals surface area contributed by atoms with Gasteiger partial charge in [0.15, 0.2) is 0 Å². The zero-order chi connectivity index (χ0) is 14.6. The van der Waals surface area contributed by atoms with Crippen LogP contribution in [0.15, 0.2) is 11.4 Å². The number of carbonyl (C=O) groups is 2. The Morgan fingerprint density at radius 1 is 1.40 bits per heavy atom. The first kappa shape index (κ1) is 14.5. The van der Waals surface area contributed by atoms with Gasteiger partial charge in [-0.25, -0.2) is 0 Å². The molecule has 0 bridgehead atoms. The average molecular weight is 292 g/mol. The van der Waals surface area contributed by atoms with Gasteiger partial charge in [0.2, 0.25) is 5.91 Å². The summed E-state index contributed by atoms with van der Waals surface area (Å²) in [5.41, 5.74) is 0.0297. The topological polar surface area (TPSA) is 90.2 Å². The molecule has 20 heavy (non-hydrogen) atoms. The molecule has 106 valence electrons. The Labute approximate surface area is 121 Å². The fraction of sp³-hybridized carbons (Fsp3) is 0.500. The van der Waals surface area contributed by atoms with Gasteiger partial charge in [-0.2, -0.15) is 5.26 Å². The van der Waals surface area contributed by atoms with Crippen LogP contribution in [0.1, 0.15) is 44.1 Å². The second-order valence-corrected chi connectivity index (χ2v) is 6.19. The summed E-state index contributed by atoms with van der Waals surface area (Å²) >= 11 is 1.30. The number of carboxylic acid groups (broad SMARTS) is 1. The Morgan fingerprint density at radius 3 is 2.70 bits per heavy atom. The molecule has 0 unspecified atom stereocenters. The number of carbonyl (C=O) groups excluding carboxylic acids is 1. The first-order valence-corrected chi connectivity index (χ1v) is 7.42. The van der Waals surface area contributed by atoms with Crippen molar-refractivity contribution in [3.63, 3.8) is 0 Å². The van der Waals surface area contributed by atoms with Crippen molar-refractivity contribution in [2.75, 3.05) is 5.32 Å². The Kier molecular flexibility index (Phi) is 4.40. The van der Waals surface area contributed by atoms with Crippen molar-refractivity contribution in [1.29, 1.82) is 5.26 Å². The third-order valence-electron chi connectivity index (χ3n) is 3.76. The number of nitrogens with one attached hydrogen (secondary N) is 1. The highest BCUT2D eigenvalue weighted by molar-refractivity contribution is 7.14. The number of thiophene rings is 1. The van der Waals surface area contributed by atoms with Crippen LogP contribution >= 0.6 is 11.3 Å². The summed E-state index contributed by atoms with van der Waals surface area (Å²) in [4.78, 5) is 23.1. The molecule has 1 aliphatic rings. The summed E-state index contributed by atoms with van der Waals surface area (Å²) in [6, 6.07) is 3.67. The molecule has 1 heterocycles. The van der Waals surface area contributed by atoms with Crippen LogP contribution < -0.4 is 5.32 Å². The minimum Gasteiger partial charge on any atom is -0.481 e. The van der Waals surface area contributed by atoms with E-state index >= 15 is 0 Å². The fourth-order valence-corrected chi connectivity index (χ4v) is 3.62. The van der Waals surface area contributed by atoms with Crippen molar-refractivity contribution in [3.05, 3.63) is 17.0 Å². The molecule has 1 aliphatic carbocycles. The van der Waals surface area contributed by atoms with Gasteiger partial charge in [-0.3, -0.25) is 9.59 Å². The molecule has 0 aliphatic heterocycles. The van der Waals surface area contributed by atoms with Crippen LogP contribution in [0.2, 0.25) is 0 Å². The van der Waals surface area contributed by atoms with E-state index in [1.165, 1.54) is 11.3 Å². The van der Waals surface area contributed by atoms with Crippen LogP contribution in [0.25, 0.3) is 0 Å². The summed E-state index contributed by atoms with van der Waals surface area (Å²) in [5.74, 6) is -1.05. The van der Waals surface area contributed by atoms with Crippen molar-refractivity contribution >= 4 is 28.2 Å². The van der Waals surface area contributed by atoms with E-state index in [0.29, 0.717) is 10.6 Å². The first-order chi connectivity index (χ1) is 9.54. The van der Waals surface area contributed by atoms with Crippen molar-refractivity contribution in [2.24, 2.45) is 5.41 Å². The smallest absolute Gasteiger partial charge is 0.303 e. The molecule has 5 nitrogen and oxygen atoms in total. The summed E-state index contributed by atoms with van der Waals surface area (Å²) in [6.07, 6.45) is 3.76. The van der Waals surface area contributed by atoms with Crippen LogP contribution in [0.4, 0.5) is 5.00 Å². The Morgan fingerprint density at radius 2 is 2.10 bits per heavy atom. The fourth-order valence-electron chi connectivity index (χ4n) is 2.87. The summed E-state index contributed by atoms with van der Waals surface area (Å²) in [7, 11) is 0. The van der Waals surface area contributed by atoms with Crippen molar-refractivity contribution < 1.29 is 14.7 Å². The van der Waals surface area contributed by atoms with Gasteiger partial charge in [-0.15, -0.1) is 11.3 Å². The quantitative estimate of drug-likeness (QED) is 0.873. The van der Waals surface area contributed by atoms with E-state index in [1.807, 2.05) is 6.07 Å². The molecule has 1 aromatic heterocycles. The van der Waals surface area contributed by atoms with Gasteiger partial charge in [-0.05, 0) is 29.7 Å². The molecule has 6 heteroatoms. The van der Waals surface area contributed by atoms with E-state index in [-0.39, 0.29) is 18.7 Å². The molecule has 0 spiro atoms. The molecule has 0 saturated heterocycles. The van der Waals surface area contributed by atoms with Crippen molar-refractivity contribution in [3.8, 4) is 6.07 Å². The van der Waals surface area contributed by atoms with Gasteiger partial charge in [-0.1, -0.05) is 12.8 Å². The standard InChI is InChI=1S/C14H16N2O3S/c15-9-10-3-6-20-13(10)16-11(17)7-14(8-12(18)19)4-1-2-5-14/h3,6H,1-2,4-5,7-8H2,(H,16,17)(H,18,19). The van der Waals surface area contributed by atoms with E-state index < -0.39 is 11.4 Å². The van der Waals surface area contributed by atoms with Crippen LogP contribution in [-0.2, 0) is 9.59 Å². The molecule has 1 fully saturated rings. The normalized spacial score (nSPS) is 16.6. The second-order valence-electron chi connectivity index (χ2n) is 5.28. The monoisotopic (exact) mass is 292 g/mol. The highest BCUT2D eigenvalue weighted by atomic mass is 32.1. The molecule has 0 radical (unpaired) electrons. The number of rotatable bonds is 5. The molecule has 1 aromatic rings. The molecule has 1 amide bonds. The Bertz CT molecular complexity index is 553. The minimum absolute atomic E-state index is 0.0377. The first-order valence-electron chi connectivity index (χ1n) is 6.54. The minimum atomic E-state index is -0.853. The van der Waals surface area contributed by atoms with Gasteiger partial charge in [0.25, 0.3) is 0 Å². The van der Waals surface area contributed by atoms with Crippen molar-refractivity contribution in [2.45, 2.75) is 38.5 Å². The molecular weight excluding hydrogens is 276 g/mol. The molecular formula is C14H16N2O3S. The highest BCUT2D eigenvalue weighted by Gasteiger charge is 2.38. The number of amides is 1. The summed E-state index contributed by atoms with van der Waals surface area (Å²) < 4.78 is 0. The Hall–Kier alpha value is -1.87. The lowest BCUT2D eigenvalue weighted by Crippen LogP contribution is -2.27. The zero-order valence-electron chi connectivity index (χ0n) is 11.0. The second kappa shape index (κ2) is 6.06. The van der Waals surface area contributed by atoms with Gasteiger partial charge in [0, 0.05) is 6.42 Å². The van der Waals surface area contributed by atoms with Crippen LogP contribution in [0.3, 0.4) is 0 Å². The van der Waals surface area contributed by atoms with E-state index in [0.717, 1.165) is 25.7 Å². The average Bonchev–Trinajstić information content (AvgIpc) is 2.97. The lowest BCUT2D eigenvalue weighted by Gasteiger charge is -2.26. The molecule has 0 aromatic carbocycles. The molecule has 1 saturated carbocycles. The Balaban J connectivity index is 2.02. The number of nitriles is 1. The SMILES string of the molecule is N#Cc1ccsc1NC(=O)CC1(CC(=O)O)CCCC1. The maximum Gasteiger partial charge on any atom is 0.303 e. The van der Waals surface area contributed by atoms with Crippen LogP contribution in [0.5, 0.6) is 0 Å². The molecule has 2 rings (SSSR count). The largest absolute Gasteiger partial charge is 0.481 e. The van der Waals surface area contributed by atoms with Gasteiger partial charge < -0.3 is 10.4 Å². The number of anilines is 1. The number of nitrogens with zero attached hydrogens (tertiary/aromatic N) is 1. The van der Waals surface area contributed by atoms with E-state index in [9.17, 15) is 9.59 Å². The van der Waals surface area contributed by atoms with Crippen LogP contribution in [-0.4, -0.2) is 17.0 Å². The highest BCUT2D eigenvalue weighted by Crippen LogP contribution is 2.44. The maximum atomic E-state index is 12.1. The third kappa shape index (κ3) is 3.36. The number of hydrogen-bond acceptors (Lipinski definition) is 4. The predicted molar refractivity (Wildman–Crippen MR) is 75.4 cm³/mol. The molecule has 2 N–H and O–H groups in total. The lowest BCUT2D eigenvalue weighted by atomic mass is 9.79. The van der Waals surface area contributed by atoms with Crippen LogP contribution in [0, 0.1) is 16.7 Å². The van der Waals surface area contributed by atoms with Gasteiger partial charge >= 0.3 is 5.97 Å². The number of carboxylic acids is 1. The predicted octanol–water partition coefficient (Wildman–Crippen LogP) is 2.98. The van der Waals surface area contributed by atoms with Gasteiger partial charge in [0.05, 0.1) is 12.0 Å². The summed E-state index contributed by atoms with van der Waals surface area (Å²) in [6.45, 7) is 0. The maximum absolute atomic E-state index is 12.1.